The molecule has 0 aliphatic heterocycles. The minimum Gasteiger partial charge on any atom is -0.355 e. The molecule has 1 atom stereocenters. The summed E-state index contributed by atoms with van der Waals surface area (Å²) in [6.07, 6.45) is -3.26. The molecule has 7 nitrogen and oxygen atoms in total. The van der Waals surface area contributed by atoms with Crippen LogP contribution in [0.2, 0.25) is 0 Å². The Labute approximate surface area is 197 Å². The average molecular weight is 477 g/mol. The lowest BCUT2D eigenvalue weighted by Gasteiger charge is -2.30. The van der Waals surface area contributed by atoms with E-state index in [1.807, 2.05) is 18.2 Å². The van der Waals surface area contributed by atoms with Crippen molar-refractivity contribution < 1.29 is 18.0 Å². The summed E-state index contributed by atoms with van der Waals surface area (Å²) in [7, 11) is 0. The van der Waals surface area contributed by atoms with Crippen LogP contribution in [0.3, 0.4) is 0 Å². The van der Waals surface area contributed by atoms with Gasteiger partial charge in [0.2, 0.25) is 5.91 Å². The number of nitrogens with one attached hydrogen (secondary N) is 1. The Hall–Kier alpha value is -3.01. The van der Waals surface area contributed by atoms with E-state index in [0.29, 0.717) is 29.9 Å². The van der Waals surface area contributed by atoms with Crippen LogP contribution < -0.4 is 5.32 Å². The number of carbonyl (C=O) groups is 1. The second-order valence-electron chi connectivity index (χ2n) is 8.27. The molecule has 34 heavy (non-hydrogen) atoms. The minimum atomic E-state index is -4.64. The normalized spacial score (nSPS) is 12.9. The van der Waals surface area contributed by atoms with Crippen LogP contribution in [0.5, 0.6) is 0 Å². The maximum Gasteiger partial charge on any atom is 0.453 e. The average Bonchev–Trinajstić information content (AvgIpc) is 3.23. The van der Waals surface area contributed by atoms with Crippen LogP contribution in [0, 0.1) is 13.8 Å². The van der Waals surface area contributed by atoms with E-state index < -0.39 is 12.0 Å². The number of hydrogen-bond donors (Lipinski definition) is 1. The molecule has 1 N–H and O–H groups in total. The molecule has 3 aromatic rings. The van der Waals surface area contributed by atoms with E-state index in [1.165, 1.54) is 5.56 Å². The second kappa shape index (κ2) is 10.9. The monoisotopic (exact) mass is 476 g/mol. The highest BCUT2D eigenvalue weighted by molar-refractivity contribution is 5.76. The molecule has 3 rings (SSSR count). The summed E-state index contributed by atoms with van der Waals surface area (Å²) in [5.41, 5.74) is 2.96. The third kappa shape index (κ3) is 6.11. The quantitative estimate of drug-likeness (QED) is 0.482. The van der Waals surface area contributed by atoms with Crippen LogP contribution >= 0.6 is 0 Å². The van der Waals surface area contributed by atoms with E-state index in [0.717, 1.165) is 24.0 Å². The number of aryl methyl sites for hydroxylation is 2. The molecule has 0 fully saturated rings. The van der Waals surface area contributed by atoms with Crippen molar-refractivity contribution in [3.8, 4) is 0 Å². The maximum absolute atomic E-state index is 13.0. The Morgan fingerprint density at radius 3 is 2.41 bits per heavy atom. The first-order valence-electron chi connectivity index (χ1n) is 11.5. The molecule has 0 radical (unpaired) electrons. The molecule has 0 saturated carbocycles. The summed E-state index contributed by atoms with van der Waals surface area (Å²) in [5, 5.41) is 6.60. The number of hydrogen-bond acceptors (Lipinski definition) is 5. The zero-order chi connectivity index (χ0) is 24.9. The number of amides is 1. The number of carbonyl (C=O) groups excluding carboxylic acids is 1. The summed E-state index contributed by atoms with van der Waals surface area (Å²) in [4.78, 5) is 22.6. The van der Waals surface area contributed by atoms with Gasteiger partial charge in [0.1, 0.15) is 0 Å². The van der Waals surface area contributed by atoms with Crippen LogP contribution in [0.4, 0.5) is 13.2 Å². The highest BCUT2D eigenvalue weighted by Gasteiger charge is 2.37. The summed E-state index contributed by atoms with van der Waals surface area (Å²) in [6, 6.07) is 10.3. The van der Waals surface area contributed by atoms with Crippen LogP contribution in [0.25, 0.3) is 5.78 Å². The first kappa shape index (κ1) is 25.6. The molecule has 1 aromatic carbocycles. The molecule has 0 aliphatic carbocycles. The lowest BCUT2D eigenvalue weighted by atomic mass is 10.0. The molecule has 1 amide bonds. The summed E-state index contributed by atoms with van der Waals surface area (Å²) in [5.74, 6) is -1.43. The largest absolute Gasteiger partial charge is 0.453 e. The fraction of sp³-hybridized carbons (Fsp3) is 0.500. The van der Waals surface area contributed by atoms with Crippen molar-refractivity contribution in [2.45, 2.75) is 59.2 Å². The lowest BCUT2D eigenvalue weighted by Crippen LogP contribution is -2.45. The number of likely N-dealkylation sites (N-methyl/N-ethyl adjacent to an activating group) is 1. The van der Waals surface area contributed by atoms with E-state index in [4.69, 9.17) is 0 Å². The summed E-state index contributed by atoms with van der Waals surface area (Å²) in [6.45, 7) is 9.86. The lowest BCUT2D eigenvalue weighted by molar-refractivity contribution is -0.144. The highest BCUT2D eigenvalue weighted by atomic mass is 19.4. The van der Waals surface area contributed by atoms with Crippen molar-refractivity contribution in [2.24, 2.45) is 0 Å². The van der Waals surface area contributed by atoms with Crippen molar-refractivity contribution >= 4 is 11.7 Å². The molecule has 184 valence electrons. The zero-order valence-electron chi connectivity index (χ0n) is 20.0. The number of benzene rings is 1. The fourth-order valence-electron chi connectivity index (χ4n) is 4.21. The number of fused-ring (bicyclic) bond motifs is 1. The smallest absolute Gasteiger partial charge is 0.355 e. The molecule has 2 aromatic heterocycles. The van der Waals surface area contributed by atoms with E-state index in [2.05, 4.69) is 51.3 Å². The Kier molecular flexibility index (Phi) is 8.24. The van der Waals surface area contributed by atoms with Gasteiger partial charge in [-0.05, 0) is 50.9 Å². The predicted octanol–water partition coefficient (Wildman–Crippen LogP) is 3.76. The molecular weight excluding hydrogens is 445 g/mol. The van der Waals surface area contributed by atoms with Crippen LogP contribution in [0.15, 0.2) is 30.3 Å². The molecule has 0 spiro atoms. The Balaban J connectivity index is 1.66. The molecule has 0 aliphatic rings. The van der Waals surface area contributed by atoms with Gasteiger partial charge in [0, 0.05) is 30.4 Å². The van der Waals surface area contributed by atoms with Gasteiger partial charge in [0.05, 0.1) is 0 Å². The predicted molar refractivity (Wildman–Crippen MR) is 123 cm³/mol. The third-order valence-corrected chi connectivity index (χ3v) is 6.08. The molecule has 0 bridgehead atoms. The van der Waals surface area contributed by atoms with Crippen molar-refractivity contribution in [1.82, 2.24) is 29.8 Å². The van der Waals surface area contributed by atoms with Crippen molar-refractivity contribution in [3.63, 3.8) is 0 Å². The molecule has 1 unspecified atom stereocenters. The van der Waals surface area contributed by atoms with E-state index in [1.54, 1.807) is 13.8 Å². The van der Waals surface area contributed by atoms with Gasteiger partial charge in [0.15, 0.2) is 0 Å². The zero-order valence-corrected chi connectivity index (χ0v) is 20.0. The number of aromatic nitrogens is 4. The second-order valence-corrected chi connectivity index (χ2v) is 8.27. The van der Waals surface area contributed by atoms with Gasteiger partial charge in [-0.1, -0.05) is 44.2 Å². The van der Waals surface area contributed by atoms with E-state index in [9.17, 15) is 18.0 Å². The number of alkyl halides is 3. The van der Waals surface area contributed by atoms with Crippen LogP contribution in [-0.2, 0) is 23.8 Å². The Morgan fingerprint density at radius 2 is 1.79 bits per heavy atom. The van der Waals surface area contributed by atoms with Gasteiger partial charge in [-0.25, -0.2) is 9.50 Å². The Bertz CT molecular complexity index is 1110. The van der Waals surface area contributed by atoms with Gasteiger partial charge in [-0.3, -0.25) is 9.69 Å². The van der Waals surface area contributed by atoms with Gasteiger partial charge >= 0.3 is 6.18 Å². The minimum absolute atomic E-state index is 0.0986. The standard InChI is InChI=1S/C24H31F3N6O/c1-5-32(6-2)19(14-18-10-8-7-9-11-18)15-28-21(34)13-12-20-16(3)29-23-30-22(24(25,26)27)31-33(23)17(20)4/h7-11,19H,5-6,12-15H2,1-4H3,(H,28,34). The SMILES string of the molecule is CCN(CC)C(CNC(=O)CCc1c(C)nc2nc(C(F)(F)F)nn2c1C)Cc1ccccc1. The summed E-state index contributed by atoms with van der Waals surface area (Å²) >= 11 is 0. The number of halogens is 3. The first-order valence-corrected chi connectivity index (χ1v) is 11.5. The van der Waals surface area contributed by atoms with E-state index >= 15 is 0 Å². The molecule has 2 heterocycles. The highest BCUT2D eigenvalue weighted by Crippen LogP contribution is 2.27. The van der Waals surface area contributed by atoms with E-state index in [-0.39, 0.29) is 24.1 Å². The number of nitrogens with zero attached hydrogens (tertiary/aromatic N) is 5. The van der Waals surface area contributed by atoms with Gasteiger partial charge in [0.25, 0.3) is 11.6 Å². The summed E-state index contributed by atoms with van der Waals surface area (Å²) < 4.78 is 40.1. The topological polar surface area (TPSA) is 75.4 Å². The van der Waals surface area contributed by atoms with Crippen LogP contribution in [-0.4, -0.2) is 56.1 Å². The molecular formula is C24H31F3N6O. The Morgan fingerprint density at radius 1 is 1.12 bits per heavy atom. The maximum atomic E-state index is 13.0. The van der Waals surface area contributed by atoms with Gasteiger partial charge in [-0.2, -0.15) is 18.2 Å². The first-order chi connectivity index (χ1) is 16.1. The fourth-order valence-corrected chi connectivity index (χ4v) is 4.21. The molecule has 0 saturated heterocycles. The van der Waals surface area contributed by atoms with Gasteiger partial charge < -0.3 is 5.32 Å². The van der Waals surface area contributed by atoms with Crippen LogP contribution in [0.1, 0.15) is 48.6 Å². The van der Waals surface area contributed by atoms with Crippen molar-refractivity contribution in [3.05, 3.63) is 58.7 Å². The molecule has 10 heteroatoms. The van der Waals surface area contributed by atoms with Gasteiger partial charge in [-0.15, -0.1) is 5.10 Å². The number of rotatable bonds is 10. The van der Waals surface area contributed by atoms with Crippen molar-refractivity contribution in [2.75, 3.05) is 19.6 Å². The third-order valence-electron chi connectivity index (χ3n) is 6.08. The van der Waals surface area contributed by atoms with Crippen molar-refractivity contribution in [1.29, 1.82) is 0 Å².